The first-order chi connectivity index (χ1) is 17.9. The molecular formula is C28H35N2O7P. The monoisotopic (exact) mass is 542 g/mol. The number of nitrogens with one attached hydrogen (secondary N) is 1. The largest absolute Gasteiger partial charge is 0.524 e. The Kier molecular flexibility index (Phi) is 9.44. The number of rotatable bonds is 10. The van der Waals surface area contributed by atoms with E-state index < -0.39 is 19.5 Å². The number of amides is 1. The van der Waals surface area contributed by atoms with Gasteiger partial charge in [0.05, 0.1) is 16.9 Å². The Balaban J connectivity index is 1.89. The van der Waals surface area contributed by atoms with E-state index in [-0.39, 0.29) is 40.7 Å². The van der Waals surface area contributed by atoms with E-state index in [0.717, 1.165) is 37.3 Å². The summed E-state index contributed by atoms with van der Waals surface area (Å²) in [7, 11) is -4.92. The summed E-state index contributed by atoms with van der Waals surface area (Å²) < 4.78 is 16.1. The molecule has 10 heteroatoms. The molecule has 2 aromatic rings. The van der Waals surface area contributed by atoms with Gasteiger partial charge in [0.15, 0.2) is 0 Å². The number of phenolic OH excluding ortho intramolecular Hbond substituents is 2. The second-order valence-corrected chi connectivity index (χ2v) is 10.8. The van der Waals surface area contributed by atoms with E-state index in [0.29, 0.717) is 0 Å². The van der Waals surface area contributed by atoms with Crippen LogP contribution >= 0.6 is 7.82 Å². The lowest BCUT2D eigenvalue weighted by Crippen LogP contribution is -2.30. The fraction of sp³-hybridized carbons (Fsp3) is 0.321. The van der Waals surface area contributed by atoms with E-state index >= 15 is 0 Å². The molecule has 2 aromatic carbocycles. The van der Waals surface area contributed by atoms with Crippen LogP contribution in [0.5, 0.6) is 17.2 Å². The first-order valence-corrected chi connectivity index (χ1v) is 13.9. The summed E-state index contributed by atoms with van der Waals surface area (Å²) in [4.78, 5) is 33.4. The van der Waals surface area contributed by atoms with Crippen molar-refractivity contribution in [2.24, 2.45) is 0 Å². The normalized spacial score (nSPS) is 13.8. The van der Waals surface area contributed by atoms with Crippen LogP contribution in [-0.2, 0) is 4.57 Å². The minimum atomic E-state index is -4.92. The van der Waals surface area contributed by atoms with Crippen LogP contribution in [0, 0.1) is 0 Å². The second kappa shape index (κ2) is 12.3. The summed E-state index contributed by atoms with van der Waals surface area (Å²) in [6, 6.07) is 6.80. The third-order valence-electron chi connectivity index (χ3n) is 6.10. The van der Waals surface area contributed by atoms with Gasteiger partial charge in [-0.3, -0.25) is 14.6 Å². The average molecular weight is 543 g/mol. The molecule has 1 aliphatic heterocycles. The first kappa shape index (κ1) is 29.0. The van der Waals surface area contributed by atoms with Gasteiger partial charge < -0.3 is 25.0 Å². The number of nitrogens with zero attached hydrogens (tertiary/aromatic N) is 1. The maximum absolute atomic E-state index is 13.6. The van der Waals surface area contributed by atoms with Crippen LogP contribution in [0.3, 0.4) is 0 Å². The highest BCUT2D eigenvalue weighted by atomic mass is 31.2. The molecule has 0 saturated carbocycles. The van der Waals surface area contributed by atoms with Crippen molar-refractivity contribution in [3.8, 4) is 17.2 Å². The number of phosphoric acid groups is 1. The van der Waals surface area contributed by atoms with E-state index in [1.807, 2.05) is 13.0 Å². The van der Waals surface area contributed by atoms with Crippen LogP contribution in [0.4, 0.5) is 17.1 Å². The third kappa shape index (κ3) is 7.74. The first-order valence-electron chi connectivity index (χ1n) is 12.3. The minimum Gasteiger partial charge on any atom is -0.506 e. The molecule has 0 spiro atoms. The Hall–Kier alpha value is -3.52. The summed E-state index contributed by atoms with van der Waals surface area (Å²) in [5.74, 6) is -1.36. The molecule has 0 aromatic heterocycles. The van der Waals surface area contributed by atoms with Gasteiger partial charge in [-0.15, -0.1) is 0 Å². The van der Waals surface area contributed by atoms with Crippen molar-refractivity contribution in [1.29, 1.82) is 0 Å². The van der Waals surface area contributed by atoms with E-state index in [1.54, 1.807) is 6.07 Å². The van der Waals surface area contributed by atoms with Gasteiger partial charge in [0.1, 0.15) is 22.9 Å². The maximum atomic E-state index is 13.6. The Labute approximate surface area is 223 Å². The number of phenols is 2. The quantitative estimate of drug-likeness (QED) is 0.127. The van der Waals surface area contributed by atoms with Crippen LogP contribution in [-0.4, -0.2) is 32.5 Å². The number of carbonyl (C=O) groups is 1. The zero-order chi connectivity index (χ0) is 28.0. The molecular weight excluding hydrogens is 507 g/mol. The summed E-state index contributed by atoms with van der Waals surface area (Å²) >= 11 is 0. The van der Waals surface area contributed by atoms with Crippen LogP contribution in [0.15, 0.2) is 65.3 Å². The lowest BCUT2D eigenvalue weighted by molar-refractivity contribution is 0.0991. The molecule has 0 fully saturated rings. The van der Waals surface area contributed by atoms with Crippen molar-refractivity contribution in [3.63, 3.8) is 0 Å². The Bertz CT molecular complexity index is 1340. The van der Waals surface area contributed by atoms with Gasteiger partial charge in [0, 0.05) is 18.7 Å². The van der Waals surface area contributed by atoms with Crippen LogP contribution in [0.25, 0.3) is 0 Å². The van der Waals surface area contributed by atoms with Gasteiger partial charge >= 0.3 is 7.82 Å². The van der Waals surface area contributed by atoms with Gasteiger partial charge in [-0.05, 0) is 65.5 Å². The molecule has 1 heterocycles. The number of hydrogen-bond acceptors (Lipinski definition) is 6. The fourth-order valence-electron chi connectivity index (χ4n) is 4.11. The molecule has 9 nitrogen and oxygen atoms in total. The zero-order valence-corrected chi connectivity index (χ0v) is 23.0. The highest BCUT2D eigenvalue weighted by Gasteiger charge is 2.31. The molecule has 0 aliphatic carbocycles. The van der Waals surface area contributed by atoms with Crippen LogP contribution < -0.4 is 14.7 Å². The molecule has 0 unspecified atom stereocenters. The third-order valence-corrected chi connectivity index (χ3v) is 6.55. The smallest absolute Gasteiger partial charge is 0.506 e. The van der Waals surface area contributed by atoms with E-state index in [2.05, 4.69) is 42.8 Å². The van der Waals surface area contributed by atoms with Crippen molar-refractivity contribution in [1.82, 2.24) is 0 Å². The molecule has 5 N–H and O–H groups in total. The Morgan fingerprint density at radius 1 is 0.947 bits per heavy atom. The number of aromatic hydroxyl groups is 2. The molecule has 0 radical (unpaired) electrons. The molecule has 3 rings (SSSR count). The minimum absolute atomic E-state index is 0.0950. The number of benzene rings is 2. The number of para-hydroxylation sites is 1. The SMILES string of the molecule is CC(C)=CCCC(C)=CCCC(C)=CCN1C(=O)c2cccc(O)c2Nc2c(O)cc(OP(=O)(O)O)cc21. The van der Waals surface area contributed by atoms with Crippen molar-refractivity contribution >= 4 is 30.8 Å². The number of carbonyl (C=O) groups excluding carboxylic acids is 1. The number of phosphoric ester groups is 1. The van der Waals surface area contributed by atoms with E-state index in [4.69, 9.17) is 0 Å². The molecule has 38 heavy (non-hydrogen) atoms. The van der Waals surface area contributed by atoms with Crippen LogP contribution in [0.2, 0.25) is 0 Å². The van der Waals surface area contributed by atoms with Crippen molar-refractivity contribution in [2.45, 2.75) is 53.4 Å². The van der Waals surface area contributed by atoms with Gasteiger partial charge in [-0.1, -0.05) is 41.0 Å². The topological polar surface area (TPSA) is 140 Å². The van der Waals surface area contributed by atoms with Crippen molar-refractivity contribution in [3.05, 3.63) is 70.8 Å². The highest BCUT2D eigenvalue weighted by molar-refractivity contribution is 7.46. The number of fused-ring (bicyclic) bond motifs is 2. The number of anilines is 3. The Morgan fingerprint density at radius 2 is 1.61 bits per heavy atom. The summed E-state index contributed by atoms with van der Waals surface area (Å²) in [5.41, 5.74) is 4.22. The van der Waals surface area contributed by atoms with Gasteiger partial charge in [0.25, 0.3) is 5.91 Å². The molecule has 1 aliphatic rings. The molecule has 1 amide bonds. The maximum Gasteiger partial charge on any atom is 0.524 e. The predicted molar refractivity (Wildman–Crippen MR) is 149 cm³/mol. The number of hydrogen-bond donors (Lipinski definition) is 5. The zero-order valence-electron chi connectivity index (χ0n) is 22.1. The van der Waals surface area contributed by atoms with Crippen molar-refractivity contribution in [2.75, 3.05) is 16.8 Å². The summed E-state index contributed by atoms with van der Waals surface area (Å²) in [6.07, 6.45) is 10.0. The standard InChI is InChI=1S/C28H35N2O7P/c1-18(2)8-5-9-19(3)10-6-11-20(4)14-15-30-23-16-21(37-38(34,35)36)17-25(32)27(23)29-26-22(28(30)33)12-7-13-24(26)31/h7-8,10,12-14,16-17,29,31-32H,5-6,9,11,15H2,1-4H3,(H2,34,35,36). The lowest BCUT2D eigenvalue weighted by atomic mass is 10.1. The molecule has 204 valence electrons. The average Bonchev–Trinajstić information content (AvgIpc) is 2.92. The molecule has 0 atom stereocenters. The Morgan fingerprint density at radius 3 is 2.26 bits per heavy atom. The summed E-state index contributed by atoms with van der Waals surface area (Å²) in [6.45, 7) is 8.39. The summed E-state index contributed by atoms with van der Waals surface area (Å²) in [5, 5.41) is 24.0. The highest BCUT2D eigenvalue weighted by Crippen LogP contribution is 2.48. The van der Waals surface area contributed by atoms with E-state index in [1.165, 1.54) is 34.2 Å². The van der Waals surface area contributed by atoms with Gasteiger partial charge in [-0.25, -0.2) is 4.57 Å². The molecule has 0 bridgehead atoms. The van der Waals surface area contributed by atoms with Gasteiger partial charge in [0.2, 0.25) is 0 Å². The molecule has 0 saturated heterocycles. The van der Waals surface area contributed by atoms with Crippen molar-refractivity contribution < 1.29 is 33.9 Å². The predicted octanol–water partition coefficient (Wildman–Crippen LogP) is 6.69. The van der Waals surface area contributed by atoms with E-state index in [9.17, 15) is 29.4 Å². The number of allylic oxidation sites excluding steroid dienone is 5. The lowest BCUT2D eigenvalue weighted by Gasteiger charge is -2.23. The fourth-order valence-corrected chi connectivity index (χ4v) is 4.49. The van der Waals surface area contributed by atoms with Gasteiger partial charge in [-0.2, -0.15) is 0 Å². The van der Waals surface area contributed by atoms with Crippen LogP contribution in [0.1, 0.15) is 63.7 Å². The second-order valence-electron chi connectivity index (χ2n) is 9.62.